The van der Waals surface area contributed by atoms with Crippen LogP contribution in [0.2, 0.25) is 0 Å². The normalized spacial score (nSPS) is 23.3. The lowest BCUT2D eigenvalue weighted by Crippen LogP contribution is -2.45. The number of ether oxygens (including phenoxy) is 1. The molecule has 1 aromatic rings. The Balaban J connectivity index is 2.21. The summed E-state index contributed by atoms with van der Waals surface area (Å²) >= 11 is 0. The maximum atomic E-state index is 13.6. The first-order valence-electron chi connectivity index (χ1n) is 5.95. The van der Waals surface area contributed by atoms with Crippen molar-refractivity contribution in [3.05, 3.63) is 35.6 Å². The molecule has 1 heterocycles. The predicted molar refractivity (Wildman–Crippen MR) is 65.4 cm³/mol. The zero-order valence-corrected chi connectivity index (χ0v) is 10.4. The fourth-order valence-electron chi connectivity index (χ4n) is 2.16. The quantitative estimate of drug-likeness (QED) is 0.890. The molecule has 0 bridgehead atoms. The van der Waals surface area contributed by atoms with Crippen LogP contribution in [0.25, 0.3) is 0 Å². The first-order valence-corrected chi connectivity index (χ1v) is 5.95. The summed E-state index contributed by atoms with van der Waals surface area (Å²) in [5.41, 5.74) is 5.59. The van der Waals surface area contributed by atoms with Crippen molar-refractivity contribution in [1.82, 2.24) is 4.90 Å². The lowest BCUT2D eigenvalue weighted by atomic mass is 9.97. The largest absolute Gasteiger partial charge is 0.447 e. The number of benzene rings is 1. The number of halogens is 1. The number of nitrogens with two attached hydrogens (primary N) is 1. The van der Waals surface area contributed by atoms with Gasteiger partial charge in [-0.05, 0) is 26.0 Å². The number of carbonyl (C=O) groups is 1. The first kappa shape index (κ1) is 12.8. The smallest absolute Gasteiger partial charge is 0.410 e. The summed E-state index contributed by atoms with van der Waals surface area (Å²) < 4.78 is 18.7. The van der Waals surface area contributed by atoms with E-state index in [4.69, 9.17) is 10.5 Å². The zero-order valence-electron chi connectivity index (χ0n) is 10.4. The average molecular weight is 252 g/mol. The molecule has 1 saturated heterocycles. The predicted octanol–water partition coefficient (Wildman–Crippen LogP) is 1.89. The van der Waals surface area contributed by atoms with Crippen molar-refractivity contribution in [3.63, 3.8) is 0 Å². The molecular weight excluding hydrogens is 235 g/mol. The van der Waals surface area contributed by atoms with E-state index < -0.39 is 11.6 Å². The molecule has 4 nitrogen and oxygen atoms in total. The van der Waals surface area contributed by atoms with Crippen LogP contribution in [0.15, 0.2) is 24.3 Å². The Morgan fingerprint density at radius 2 is 2.22 bits per heavy atom. The summed E-state index contributed by atoms with van der Waals surface area (Å²) in [5, 5.41) is 0. The molecule has 1 fully saturated rings. The van der Waals surface area contributed by atoms with Crippen LogP contribution >= 0.6 is 0 Å². The minimum absolute atomic E-state index is 0.210. The number of cyclic esters (lactones) is 1. The number of hydrogen-bond donors (Lipinski definition) is 1. The van der Waals surface area contributed by atoms with E-state index >= 15 is 0 Å². The second-order valence-electron chi connectivity index (χ2n) is 4.77. The minimum Gasteiger partial charge on any atom is -0.447 e. The minimum atomic E-state index is -0.450. The van der Waals surface area contributed by atoms with Gasteiger partial charge in [0.2, 0.25) is 0 Å². The van der Waals surface area contributed by atoms with Gasteiger partial charge in [-0.1, -0.05) is 18.2 Å². The summed E-state index contributed by atoms with van der Waals surface area (Å²) in [6.07, 6.45) is 0.224. The first-order chi connectivity index (χ1) is 8.57. The van der Waals surface area contributed by atoms with E-state index in [1.165, 1.54) is 6.07 Å². The standard InChI is InChI=1S/C13H17FN2O2/c1-13(6-7-15)9-18-12(17)16(13)8-10-4-2-3-5-11(10)14/h2-5H,6-9,15H2,1H3. The molecule has 5 heteroatoms. The lowest BCUT2D eigenvalue weighted by Gasteiger charge is -2.31. The molecule has 0 saturated carbocycles. The van der Waals surface area contributed by atoms with Crippen molar-refractivity contribution in [1.29, 1.82) is 0 Å². The van der Waals surface area contributed by atoms with Gasteiger partial charge < -0.3 is 10.5 Å². The highest BCUT2D eigenvalue weighted by Gasteiger charge is 2.43. The number of nitrogens with zero attached hydrogens (tertiary/aromatic N) is 1. The summed E-state index contributed by atoms with van der Waals surface area (Å²) in [4.78, 5) is 13.3. The molecule has 1 unspecified atom stereocenters. The maximum Gasteiger partial charge on any atom is 0.410 e. The van der Waals surface area contributed by atoms with Gasteiger partial charge in [0.05, 0.1) is 12.1 Å². The SMILES string of the molecule is CC1(CCN)COC(=O)N1Cc1ccccc1F. The molecule has 0 radical (unpaired) electrons. The highest BCUT2D eigenvalue weighted by molar-refractivity contribution is 5.71. The van der Waals surface area contributed by atoms with Crippen LogP contribution in [0.5, 0.6) is 0 Å². The molecule has 0 spiro atoms. The molecule has 1 aliphatic heterocycles. The summed E-state index contributed by atoms with van der Waals surface area (Å²) in [6, 6.07) is 6.43. The van der Waals surface area contributed by atoms with Gasteiger partial charge >= 0.3 is 6.09 Å². The van der Waals surface area contributed by atoms with Crippen molar-refractivity contribution in [3.8, 4) is 0 Å². The van der Waals surface area contributed by atoms with Crippen LogP contribution in [-0.4, -0.2) is 29.7 Å². The zero-order chi connectivity index (χ0) is 13.2. The molecule has 98 valence electrons. The molecule has 1 amide bonds. The molecule has 18 heavy (non-hydrogen) atoms. The highest BCUT2D eigenvalue weighted by Crippen LogP contribution is 2.29. The molecule has 0 aliphatic carbocycles. The third kappa shape index (κ3) is 2.31. The van der Waals surface area contributed by atoms with Crippen LogP contribution in [0.4, 0.5) is 9.18 Å². The Kier molecular flexibility index (Phi) is 3.52. The summed E-state index contributed by atoms with van der Waals surface area (Å²) in [6.45, 7) is 2.88. The van der Waals surface area contributed by atoms with Gasteiger partial charge in [0, 0.05) is 5.56 Å². The van der Waals surface area contributed by atoms with Crippen LogP contribution in [0, 0.1) is 5.82 Å². The molecule has 1 aliphatic rings. The van der Waals surface area contributed by atoms with E-state index in [0.29, 0.717) is 25.1 Å². The molecular formula is C13H17FN2O2. The topological polar surface area (TPSA) is 55.6 Å². The van der Waals surface area contributed by atoms with Gasteiger partial charge in [0.15, 0.2) is 0 Å². The van der Waals surface area contributed by atoms with Crippen LogP contribution in [0.3, 0.4) is 0 Å². The lowest BCUT2D eigenvalue weighted by molar-refractivity contribution is 0.147. The van der Waals surface area contributed by atoms with Crippen molar-refractivity contribution in [2.75, 3.05) is 13.2 Å². The van der Waals surface area contributed by atoms with E-state index in [2.05, 4.69) is 0 Å². The van der Waals surface area contributed by atoms with E-state index in [9.17, 15) is 9.18 Å². The van der Waals surface area contributed by atoms with Gasteiger partial charge in [0.1, 0.15) is 12.4 Å². The monoisotopic (exact) mass is 252 g/mol. The van der Waals surface area contributed by atoms with Gasteiger partial charge in [-0.15, -0.1) is 0 Å². The van der Waals surface area contributed by atoms with Gasteiger partial charge in [-0.2, -0.15) is 0 Å². The van der Waals surface area contributed by atoms with Crippen molar-refractivity contribution in [2.24, 2.45) is 5.73 Å². The van der Waals surface area contributed by atoms with E-state index in [1.54, 1.807) is 23.1 Å². The Labute approximate surface area is 106 Å². The van der Waals surface area contributed by atoms with Gasteiger partial charge in [-0.3, -0.25) is 4.90 Å². The molecule has 2 rings (SSSR count). The fraction of sp³-hybridized carbons (Fsp3) is 0.462. The van der Waals surface area contributed by atoms with Crippen molar-refractivity contribution >= 4 is 6.09 Å². The van der Waals surface area contributed by atoms with Crippen molar-refractivity contribution in [2.45, 2.75) is 25.4 Å². The maximum absolute atomic E-state index is 13.6. The number of carbonyl (C=O) groups excluding carboxylic acids is 1. The van der Waals surface area contributed by atoms with Gasteiger partial charge in [-0.25, -0.2) is 9.18 Å². The third-order valence-corrected chi connectivity index (χ3v) is 3.35. The van der Waals surface area contributed by atoms with Crippen molar-refractivity contribution < 1.29 is 13.9 Å². The summed E-state index contributed by atoms with van der Waals surface area (Å²) in [5.74, 6) is -0.313. The number of hydrogen-bond acceptors (Lipinski definition) is 3. The Morgan fingerprint density at radius 1 is 1.50 bits per heavy atom. The van der Waals surface area contributed by atoms with E-state index in [1.807, 2.05) is 6.92 Å². The highest BCUT2D eigenvalue weighted by atomic mass is 19.1. The van der Waals surface area contributed by atoms with E-state index in [-0.39, 0.29) is 12.4 Å². The molecule has 1 aromatic carbocycles. The second kappa shape index (κ2) is 4.94. The average Bonchev–Trinajstić information content (AvgIpc) is 2.61. The number of amides is 1. The third-order valence-electron chi connectivity index (χ3n) is 3.35. The van der Waals surface area contributed by atoms with Crippen LogP contribution in [0.1, 0.15) is 18.9 Å². The summed E-state index contributed by atoms with van der Waals surface area (Å²) in [7, 11) is 0. The van der Waals surface area contributed by atoms with Crippen LogP contribution < -0.4 is 5.73 Å². The second-order valence-corrected chi connectivity index (χ2v) is 4.77. The van der Waals surface area contributed by atoms with Gasteiger partial charge in [0.25, 0.3) is 0 Å². The van der Waals surface area contributed by atoms with Crippen LogP contribution in [-0.2, 0) is 11.3 Å². The Bertz CT molecular complexity index is 452. The van der Waals surface area contributed by atoms with E-state index in [0.717, 1.165) is 0 Å². The number of rotatable bonds is 4. The molecule has 1 atom stereocenters. The Morgan fingerprint density at radius 3 is 2.89 bits per heavy atom. The molecule has 0 aromatic heterocycles. The Hall–Kier alpha value is -1.62. The fourth-order valence-corrected chi connectivity index (χ4v) is 2.16. The molecule has 2 N–H and O–H groups in total.